The van der Waals surface area contributed by atoms with Gasteiger partial charge in [-0.2, -0.15) is 0 Å². The predicted molar refractivity (Wildman–Crippen MR) is 83.7 cm³/mol. The van der Waals surface area contributed by atoms with Gasteiger partial charge in [0.15, 0.2) is 12.0 Å². The lowest BCUT2D eigenvalue weighted by atomic mass is 10.1. The van der Waals surface area contributed by atoms with Gasteiger partial charge < -0.3 is 15.3 Å². The van der Waals surface area contributed by atoms with Crippen LogP contribution in [0.2, 0.25) is 0 Å². The fraction of sp³-hybridized carbons (Fsp3) is 0.125. The van der Waals surface area contributed by atoms with Crippen LogP contribution in [0.15, 0.2) is 30.3 Å². The molecule has 0 aliphatic carbocycles. The van der Waals surface area contributed by atoms with Crippen LogP contribution in [0, 0.1) is 0 Å². The molecule has 0 amide bonds. The van der Waals surface area contributed by atoms with Gasteiger partial charge in [-0.25, -0.2) is 4.79 Å². The zero-order chi connectivity index (χ0) is 17.3. The molecule has 24 heavy (non-hydrogen) atoms. The van der Waals surface area contributed by atoms with Crippen molar-refractivity contribution < 1.29 is 24.9 Å². The molecule has 0 spiro atoms. The van der Waals surface area contributed by atoms with E-state index in [2.05, 4.69) is 10.2 Å². The zero-order valence-corrected chi connectivity index (χ0v) is 12.4. The van der Waals surface area contributed by atoms with Crippen LogP contribution in [0.5, 0.6) is 5.75 Å². The fourth-order valence-corrected chi connectivity index (χ4v) is 2.37. The Balaban J connectivity index is 2.17. The highest BCUT2D eigenvalue weighted by Gasteiger charge is 2.15. The van der Waals surface area contributed by atoms with Gasteiger partial charge >= 0.3 is 5.97 Å². The number of nitrogens with zero attached hydrogens (tertiary/aromatic N) is 3. The van der Waals surface area contributed by atoms with Gasteiger partial charge in [-0.15, -0.1) is 15.0 Å². The Hall–Kier alpha value is -3.26. The second-order valence-electron chi connectivity index (χ2n) is 5.14. The zero-order valence-electron chi connectivity index (χ0n) is 12.4. The average Bonchev–Trinajstić information content (AvgIpc) is 2.99. The lowest BCUT2D eigenvalue weighted by Crippen LogP contribution is -2.03. The summed E-state index contributed by atoms with van der Waals surface area (Å²) in [4.78, 5) is 23.3. The Labute approximate surface area is 135 Å². The number of carboxylic acid groups (broad SMARTS) is 1. The molecule has 3 aromatic rings. The standard InChI is InChI=1S/C16H13N3O5/c20-4-3-9-5-11(8-21)15(22)14(6-9)19-17-12-2-1-10(16(23)24)7-13(12)18-19/h1-2,5-8,20,22H,3-4H2,(H,23,24). The topological polar surface area (TPSA) is 126 Å². The first kappa shape index (κ1) is 15.6. The number of aromatic carboxylic acids is 1. The minimum absolute atomic E-state index is 0.0588. The van der Waals surface area contributed by atoms with Crippen LogP contribution in [0.4, 0.5) is 0 Å². The van der Waals surface area contributed by atoms with E-state index in [1.165, 1.54) is 24.3 Å². The van der Waals surface area contributed by atoms with Crippen molar-refractivity contribution in [3.8, 4) is 11.4 Å². The minimum Gasteiger partial charge on any atom is -0.505 e. The van der Waals surface area contributed by atoms with Gasteiger partial charge in [0.25, 0.3) is 0 Å². The van der Waals surface area contributed by atoms with E-state index in [9.17, 15) is 14.7 Å². The van der Waals surface area contributed by atoms with Gasteiger partial charge in [-0.05, 0) is 42.3 Å². The quantitative estimate of drug-likeness (QED) is 0.601. The van der Waals surface area contributed by atoms with Crippen LogP contribution in [0.3, 0.4) is 0 Å². The van der Waals surface area contributed by atoms with Gasteiger partial charge in [-0.1, -0.05) is 0 Å². The highest BCUT2D eigenvalue weighted by atomic mass is 16.4. The first-order valence-corrected chi connectivity index (χ1v) is 7.06. The molecule has 0 atom stereocenters. The van der Waals surface area contributed by atoms with Crippen molar-refractivity contribution >= 4 is 23.3 Å². The maximum atomic E-state index is 11.1. The Morgan fingerprint density at radius 2 is 1.92 bits per heavy atom. The monoisotopic (exact) mass is 327 g/mol. The summed E-state index contributed by atoms with van der Waals surface area (Å²) < 4.78 is 0. The molecule has 0 aliphatic rings. The first-order valence-electron chi connectivity index (χ1n) is 7.06. The highest BCUT2D eigenvalue weighted by Crippen LogP contribution is 2.27. The number of phenols is 1. The number of aromatic hydroxyl groups is 1. The number of aliphatic hydroxyl groups excluding tert-OH is 1. The van der Waals surface area contributed by atoms with Crippen molar-refractivity contribution in [3.63, 3.8) is 0 Å². The van der Waals surface area contributed by atoms with Gasteiger partial charge in [0.2, 0.25) is 0 Å². The lowest BCUT2D eigenvalue weighted by molar-refractivity contribution is 0.0697. The molecule has 3 rings (SSSR count). The van der Waals surface area contributed by atoms with E-state index >= 15 is 0 Å². The van der Waals surface area contributed by atoms with Crippen molar-refractivity contribution in [1.29, 1.82) is 0 Å². The lowest BCUT2D eigenvalue weighted by Gasteiger charge is -2.08. The van der Waals surface area contributed by atoms with Crippen molar-refractivity contribution in [3.05, 3.63) is 47.0 Å². The summed E-state index contributed by atoms with van der Waals surface area (Å²) in [6.45, 7) is -0.112. The molecule has 1 heterocycles. The number of benzene rings is 2. The van der Waals surface area contributed by atoms with E-state index in [-0.39, 0.29) is 29.2 Å². The number of carbonyl (C=O) groups excluding carboxylic acids is 1. The summed E-state index contributed by atoms with van der Waals surface area (Å²) in [6, 6.07) is 7.33. The summed E-state index contributed by atoms with van der Waals surface area (Å²) in [5.74, 6) is -1.37. The van der Waals surface area contributed by atoms with E-state index in [0.717, 1.165) is 4.80 Å². The molecule has 0 bridgehead atoms. The maximum absolute atomic E-state index is 11.1. The van der Waals surface area contributed by atoms with E-state index in [4.69, 9.17) is 10.2 Å². The van der Waals surface area contributed by atoms with Crippen molar-refractivity contribution in [2.75, 3.05) is 6.61 Å². The Kier molecular flexibility index (Phi) is 3.97. The van der Waals surface area contributed by atoms with E-state index in [0.29, 0.717) is 29.3 Å². The molecule has 122 valence electrons. The van der Waals surface area contributed by atoms with Crippen LogP contribution in [0.25, 0.3) is 16.7 Å². The smallest absolute Gasteiger partial charge is 0.335 e. The van der Waals surface area contributed by atoms with Gasteiger partial charge in [0, 0.05) is 6.61 Å². The summed E-state index contributed by atoms with van der Waals surface area (Å²) >= 11 is 0. The molecule has 8 heteroatoms. The second-order valence-corrected chi connectivity index (χ2v) is 5.14. The first-order chi connectivity index (χ1) is 11.5. The molecule has 0 unspecified atom stereocenters. The van der Waals surface area contributed by atoms with E-state index in [1.54, 1.807) is 6.07 Å². The third-order valence-electron chi connectivity index (χ3n) is 3.55. The number of aldehydes is 1. The Morgan fingerprint density at radius 3 is 2.58 bits per heavy atom. The molecule has 2 aromatic carbocycles. The fourth-order valence-electron chi connectivity index (χ4n) is 2.37. The average molecular weight is 327 g/mol. The molecule has 0 aliphatic heterocycles. The minimum atomic E-state index is -1.08. The van der Waals surface area contributed by atoms with Crippen LogP contribution >= 0.6 is 0 Å². The number of carboxylic acids is 1. The van der Waals surface area contributed by atoms with Crippen LogP contribution in [-0.2, 0) is 6.42 Å². The van der Waals surface area contributed by atoms with E-state index in [1.807, 2.05) is 0 Å². The third-order valence-corrected chi connectivity index (χ3v) is 3.55. The van der Waals surface area contributed by atoms with Gasteiger partial charge in [0.1, 0.15) is 16.7 Å². The van der Waals surface area contributed by atoms with Crippen LogP contribution < -0.4 is 0 Å². The molecule has 3 N–H and O–H groups in total. The summed E-state index contributed by atoms with van der Waals surface area (Å²) in [5.41, 5.74) is 1.73. The van der Waals surface area contributed by atoms with Crippen LogP contribution in [0.1, 0.15) is 26.3 Å². The summed E-state index contributed by atoms with van der Waals surface area (Å²) in [5, 5.41) is 36.7. The molecule has 0 radical (unpaired) electrons. The third kappa shape index (κ3) is 2.70. The van der Waals surface area contributed by atoms with Crippen molar-refractivity contribution in [2.45, 2.75) is 6.42 Å². The number of rotatable bonds is 5. The molecule has 1 aromatic heterocycles. The van der Waals surface area contributed by atoms with Gasteiger partial charge in [-0.3, -0.25) is 4.79 Å². The molecule has 0 saturated carbocycles. The normalized spacial score (nSPS) is 10.9. The largest absolute Gasteiger partial charge is 0.505 e. The number of phenolic OH excluding ortho intramolecular Hbond substituents is 1. The predicted octanol–water partition coefficient (Wildman–Crippen LogP) is 1.17. The SMILES string of the molecule is O=Cc1cc(CCO)cc(-n2nc3ccc(C(=O)O)cc3n2)c1O. The maximum Gasteiger partial charge on any atom is 0.335 e. The summed E-state index contributed by atoms with van der Waals surface area (Å²) in [6.07, 6.45) is 0.809. The number of fused-ring (bicyclic) bond motifs is 1. The van der Waals surface area contributed by atoms with Crippen molar-refractivity contribution in [2.24, 2.45) is 0 Å². The number of hydrogen-bond acceptors (Lipinski definition) is 6. The molecule has 0 saturated heterocycles. The number of hydrogen-bond donors (Lipinski definition) is 3. The van der Waals surface area contributed by atoms with E-state index < -0.39 is 5.97 Å². The Morgan fingerprint density at radius 1 is 1.17 bits per heavy atom. The van der Waals surface area contributed by atoms with Crippen LogP contribution in [-0.4, -0.2) is 49.2 Å². The highest BCUT2D eigenvalue weighted by molar-refractivity contribution is 5.92. The Bertz CT molecular complexity index is 948. The molecule has 0 fully saturated rings. The number of carbonyl (C=O) groups is 2. The van der Waals surface area contributed by atoms with Crippen molar-refractivity contribution in [1.82, 2.24) is 15.0 Å². The van der Waals surface area contributed by atoms with Gasteiger partial charge in [0.05, 0.1) is 11.1 Å². The molecular weight excluding hydrogens is 314 g/mol. The number of aliphatic hydroxyl groups is 1. The second kappa shape index (κ2) is 6.09. The summed E-state index contributed by atoms with van der Waals surface area (Å²) in [7, 11) is 0. The number of aromatic nitrogens is 3. The molecule has 8 nitrogen and oxygen atoms in total. The molecular formula is C16H13N3O5.